The van der Waals surface area contributed by atoms with Gasteiger partial charge < -0.3 is 10.4 Å². The van der Waals surface area contributed by atoms with Crippen molar-refractivity contribution < 1.29 is 9.90 Å². The second kappa shape index (κ2) is 6.80. The number of benzene rings is 1. The molecule has 0 aliphatic carbocycles. The molecule has 3 nitrogen and oxygen atoms in total. The van der Waals surface area contributed by atoms with Crippen molar-refractivity contribution in [3.63, 3.8) is 0 Å². The monoisotopic (exact) mass is 283 g/mol. The molecule has 0 atom stereocenters. The van der Waals surface area contributed by atoms with E-state index >= 15 is 0 Å². The van der Waals surface area contributed by atoms with E-state index in [0.29, 0.717) is 23.6 Å². The molecule has 1 amide bonds. The van der Waals surface area contributed by atoms with Crippen LogP contribution in [0.25, 0.3) is 0 Å². The molecule has 1 aromatic rings. The molecule has 0 aromatic heterocycles. The average molecular weight is 284 g/mol. The molecule has 0 aliphatic heterocycles. The normalized spacial score (nSPS) is 11.4. The van der Waals surface area contributed by atoms with Gasteiger partial charge in [-0.25, -0.2) is 0 Å². The fourth-order valence-corrected chi connectivity index (χ4v) is 2.02. The smallest absolute Gasteiger partial charge is 0.255 e. The van der Waals surface area contributed by atoms with E-state index in [1.807, 2.05) is 0 Å². The fourth-order valence-electron chi connectivity index (χ4n) is 1.89. The molecule has 19 heavy (non-hydrogen) atoms. The van der Waals surface area contributed by atoms with Crippen LogP contribution >= 0.6 is 11.6 Å². The topological polar surface area (TPSA) is 49.3 Å². The van der Waals surface area contributed by atoms with Gasteiger partial charge in [0.15, 0.2) is 0 Å². The molecule has 0 radical (unpaired) electrons. The first-order chi connectivity index (χ1) is 8.87. The molecular weight excluding hydrogens is 262 g/mol. The summed E-state index contributed by atoms with van der Waals surface area (Å²) in [6.45, 7) is 6.53. The van der Waals surface area contributed by atoms with E-state index in [2.05, 4.69) is 19.2 Å². The van der Waals surface area contributed by atoms with Crippen LogP contribution in [-0.4, -0.2) is 23.4 Å². The minimum absolute atomic E-state index is 0.00396. The van der Waals surface area contributed by atoms with E-state index in [9.17, 15) is 9.90 Å². The Morgan fingerprint density at radius 3 is 2.74 bits per heavy atom. The predicted molar refractivity (Wildman–Crippen MR) is 78.9 cm³/mol. The van der Waals surface area contributed by atoms with Gasteiger partial charge in [0.1, 0.15) is 5.75 Å². The molecule has 0 heterocycles. The third kappa shape index (κ3) is 4.75. The summed E-state index contributed by atoms with van der Waals surface area (Å²) in [4.78, 5) is 12.0. The predicted octanol–water partition coefficient (Wildman–Crippen LogP) is 3.48. The summed E-state index contributed by atoms with van der Waals surface area (Å²) < 4.78 is 0. The molecule has 0 aliphatic rings. The molecular formula is C15H22ClNO2. The first kappa shape index (κ1) is 15.8. The quantitative estimate of drug-likeness (QED) is 0.785. The minimum atomic E-state index is -0.236. The lowest BCUT2D eigenvalue weighted by molar-refractivity contribution is 0.0931. The number of para-hydroxylation sites is 1. The summed E-state index contributed by atoms with van der Waals surface area (Å²) in [7, 11) is 0. The molecule has 0 unspecified atom stereocenters. The molecule has 0 saturated heterocycles. The van der Waals surface area contributed by atoms with Gasteiger partial charge in [-0.3, -0.25) is 4.79 Å². The number of carbonyl (C=O) groups excluding carboxylic acids is 1. The standard InChI is InChI=1S/C15H22ClNO2/c1-11-6-4-7-12(13(11)18)14(19)17-10-15(2,3)8-5-9-16/h4,6-7,18H,5,8-10H2,1-3H3,(H,17,19). The van der Waals surface area contributed by atoms with Crippen LogP contribution < -0.4 is 5.32 Å². The minimum Gasteiger partial charge on any atom is -0.507 e. The Labute approximate surface area is 120 Å². The third-order valence-corrected chi connectivity index (χ3v) is 3.46. The Kier molecular flexibility index (Phi) is 5.67. The van der Waals surface area contributed by atoms with Crippen molar-refractivity contribution in [3.8, 4) is 5.75 Å². The van der Waals surface area contributed by atoms with Crippen molar-refractivity contribution in [1.29, 1.82) is 0 Å². The lowest BCUT2D eigenvalue weighted by Gasteiger charge is -2.24. The van der Waals surface area contributed by atoms with E-state index < -0.39 is 0 Å². The van der Waals surface area contributed by atoms with E-state index in [0.717, 1.165) is 12.8 Å². The van der Waals surface area contributed by atoms with Crippen molar-refractivity contribution in [1.82, 2.24) is 5.32 Å². The number of nitrogens with one attached hydrogen (secondary N) is 1. The molecule has 0 spiro atoms. The van der Waals surface area contributed by atoms with E-state index in [1.165, 1.54) is 0 Å². The van der Waals surface area contributed by atoms with Gasteiger partial charge in [0.05, 0.1) is 5.56 Å². The van der Waals surface area contributed by atoms with Gasteiger partial charge in [0.2, 0.25) is 0 Å². The van der Waals surface area contributed by atoms with Crippen LogP contribution in [0.5, 0.6) is 5.75 Å². The number of amides is 1. The number of carbonyl (C=O) groups is 1. The first-order valence-electron chi connectivity index (χ1n) is 6.50. The number of halogens is 1. The Bertz CT molecular complexity index is 444. The van der Waals surface area contributed by atoms with Gasteiger partial charge in [0, 0.05) is 12.4 Å². The molecule has 0 bridgehead atoms. The Morgan fingerprint density at radius 1 is 1.42 bits per heavy atom. The van der Waals surface area contributed by atoms with Crippen LogP contribution in [0.3, 0.4) is 0 Å². The van der Waals surface area contributed by atoms with Crippen LogP contribution in [0, 0.1) is 12.3 Å². The summed E-state index contributed by atoms with van der Waals surface area (Å²) in [5.41, 5.74) is 1.03. The SMILES string of the molecule is Cc1cccc(C(=O)NCC(C)(C)CCCCl)c1O. The number of aryl methyl sites for hydroxylation is 1. The van der Waals surface area contributed by atoms with Gasteiger partial charge in [-0.05, 0) is 36.8 Å². The summed E-state index contributed by atoms with van der Waals surface area (Å²) in [5, 5.41) is 12.7. The summed E-state index contributed by atoms with van der Waals surface area (Å²) in [5.74, 6) is 0.453. The van der Waals surface area contributed by atoms with Gasteiger partial charge >= 0.3 is 0 Å². The summed E-state index contributed by atoms with van der Waals surface area (Å²) in [6.07, 6.45) is 1.89. The number of hydrogen-bond acceptors (Lipinski definition) is 2. The Balaban J connectivity index is 2.63. The maximum atomic E-state index is 12.0. The van der Waals surface area contributed by atoms with Crippen molar-refractivity contribution in [2.24, 2.45) is 5.41 Å². The maximum Gasteiger partial charge on any atom is 0.255 e. The lowest BCUT2D eigenvalue weighted by atomic mass is 9.88. The molecule has 1 aromatic carbocycles. The highest BCUT2D eigenvalue weighted by atomic mass is 35.5. The second-order valence-corrected chi connectivity index (χ2v) is 5.99. The third-order valence-electron chi connectivity index (χ3n) is 3.20. The highest BCUT2D eigenvalue weighted by Gasteiger charge is 2.20. The van der Waals surface area contributed by atoms with Crippen molar-refractivity contribution in [2.75, 3.05) is 12.4 Å². The summed E-state index contributed by atoms with van der Waals surface area (Å²) in [6, 6.07) is 5.17. The number of phenolic OH excluding ortho intramolecular Hbond substituents is 1. The van der Waals surface area contributed by atoms with Crippen LogP contribution in [0.1, 0.15) is 42.6 Å². The van der Waals surface area contributed by atoms with Crippen molar-refractivity contribution in [2.45, 2.75) is 33.6 Å². The average Bonchev–Trinajstić information content (AvgIpc) is 2.37. The number of rotatable bonds is 6. The Morgan fingerprint density at radius 2 is 2.11 bits per heavy atom. The lowest BCUT2D eigenvalue weighted by Crippen LogP contribution is -2.34. The van der Waals surface area contributed by atoms with Gasteiger partial charge in [-0.1, -0.05) is 26.0 Å². The molecule has 2 N–H and O–H groups in total. The van der Waals surface area contributed by atoms with Crippen molar-refractivity contribution >= 4 is 17.5 Å². The van der Waals surface area contributed by atoms with Gasteiger partial charge in [-0.15, -0.1) is 11.6 Å². The van der Waals surface area contributed by atoms with Crippen LogP contribution in [-0.2, 0) is 0 Å². The molecule has 0 saturated carbocycles. The first-order valence-corrected chi connectivity index (χ1v) is 7.03. The van der Waals surface area contributed by atoms with Crippen LogP contribution in [0.2, 0.25) is 0 Å². The molecule has 1 rings (SSSR count). The number of hydrogen-bond donors (Lipinski definition) is 2. The van der Waals surface area contributed by atoms with Crippen molar-refractivity contribution in [3.05, 3.63) is 29.3 Å². The molecule has 0 fully saturated rings. The maximum absolute atomic E-state index is 12.0. The van der Waals surface area contributed by atoms with Gasteiger partial charge in [0.25, 0.3) is 5.91 Å². The summed E-state index contributed by atoms with van der Waals surface area (Å²) >= 11 is 5.68. The van der Waals surface area contributed by atoms with E-state index in [4.69, 9.17) is 11.6 Å². The highest BCUT2D eigenvalue weighted by Crippen LogP contribution is 2.23. The largest absolute Gasteiger partial charge is 0.507 e. The number of phenols is 1. The van der Waals surface area contributed by atoms with Gasteiger partial charge in [-0.2, -0.15) is 0 Å². The molecule has 4 heteroatoms. The second-order valence-electron chi connectivity index (χ2n) is 5.61. The zero-order valence-corrected chi connectivity index (χ0v) is 12.5. The number of alkyl halides is 1. The fraction of sp³-hybridized carbons (Fsp3) is 0.533. The van der Waals surface area contributed by atoms with E-state index in [-0.39, 0.29) is 17.1 Å². The van der Waals surface area contributed by atoms with Crippen LogP contribution in [0.15, 0.2) is 18.2 Å². The zero-order valence-electron chi connectivity index (χ0n) is 11.8. The number of aromatic hydroxyl groups is 1. The highest BCUT2D eigenvalue weighted by molar-refractivity contribution is 6.17. The van der Waals surface area contributed by atoms with Crippen LogP contribution in [0.4, 0.5) is 0 Å². The molecule has 106 valence electrons. The Hall–Kier alpha value is -1.22. The van der Waals surface area contributed by atoms with E-state index in [1.54, 1.807) is 25.1 Å². The zero-order chi connectivity index (χ0) is 14.5.